The third-order valence-corrected chi connectivity index (χ3v) is 4.44. The molecular formula is C18H18N4O4S. The molecule has 1 aromatic carbocycles. The lowest BCUT2D eigenvalue weighted by Gasteiger charge is -2.11. The maximum atomic E-state index is 12.2. The molecule has 0 atom stereocenters. The van der Waals surface area contributed by atoms with Crippen LogP contribution in [0.2, 0.25) is 0 Å². The SMILES string of the molecule is COc1ccc(NC(=O)CCc2nc(-c3cccs3)no2)cc1NC(C)=O. The maximum absolute atomic E-state index is 12.2. The highest BCUT2D eigenvalue weighted by molar-refractivity contribution is 7.13. The van der Waals surface area contributed by atoms with Gasteiger partial charge in [-0.05, 0) is 29.6 Å². The van der Waals surface area contributed by atoms with E-state index in [1.165, 1.54) is 25.4 Å². The Morgan fingerprint density at radius 1 is 1.26 bits per heavy atom. The molecule has 0 aliphatic rings. The first kappa shape index (κ1) is 18.6. The summed E-state index contributed by atoms with van der Waals surface area (Å²) in [7, 11) is 1.51. The lowest BCUT2D eigenvalue weighted by molar-refractivity contribution is -0.116. The van der Waals surface area contributed by atoms with Gasteiger partial charge in [0, 0.05) is 25.5 Å². The van der Waals surface area contributed by atoms with Crippen LogP contribution in [0.3, 0.4) is 0 Å². The van der Waals surface area contributed by atoms with Gasteiger partial charge in [-0.1, -0.05) is 11.2 Å². The fourth-order valence-electron chi connectivity index (χ4n) is 2.38. The van der Waals surface area contributed by atoms with Crippen molar-refractivity contribution in [3.63, 3.8) is 0 Å². The monoisotopic (exact) mass is 386 g/mol. The summed E-state index contributed by atoms with van der Waals surface area (Å²) < 4.78 is 10.4. The average Bonchev–Trinajstić information content (AvgIpc) is 3.31. The van der Waals surface area contributed by atoms with Crippen molar-refractivity contribution in [2.75, 3.05) is 17.7 Å². The summed E-state index contributed by atoms with van der Waals surface area (Å²) in [6.07, 6.45) is 0.520. The Bertz CT molecular complexity index is 937. The summed E-state index contributed by atoms with van der Waals surface area (Å²) in [6.45, 7) is 1.40. The van der Waals surface area contributed by atoms with E-state index in [0.717, 1.165) is 4.88 Å². The molecule has 8 nitrogen and oxygen atoms in total. The van der Waals surface area contributed by atoms with E-state index in [1.54, 1.807) is 18.2 Å². The van der Waals surface area contributed by atoms with Crippen LogP contribution in [0.1, 0.15) is 19.2 Å². The van der Waals surface area contributed by atoms with Gasteiger partial charge in [0.1, 0.15) is 5.75 Å². The topological polar surface area (TPSA) is 106 Å². The first-order chi connectivity index (χ1) is 13.0. The van der Waals surface area contributed by atoms with Gasteiger partial charge in [-0.15, -0.1) is 11.3 Å². The minimum Gasteiger partial charge on any atom is -0.495 e. The van der Waals surface area contributed by atoms with Crippen LogP contribution >= 0.6 is 11.3 Å². The Morgan fingerprint density at radius 2 is 2.11 bits per heavy atom. The van der Waals surface area contributed by atoms with E-state index in [1.807, 2.05) is 17.5 Å². The van der Waals surface area contributed by atoms with Gasteiger partial charge in [-0.25, -0.2) is 0 Å². The summed E-state index contributed by atoms with van der Waals surface area (Å²) in [4.78, 5) is 28.7. The summed E-state index contributed by atoms with van der Waals surface area (Å²) in [6, 6.07) is 8.82. The number of anilines is 2. The number of nitrogens with one attached hydrogen (secondary N) is 2. The van der Waals surface area contributed by atoms with Gasteiger partial charge in [0.05, 0.1) is 17.7 Å². The van der Waals surface area contributed by atoms with Gasteiger partial charge in [-0.3, -0.25) is 9.59 Å². The summed E-state index contributed by atoms with van der Waals surface area (Å²) >= 11 is 1.52. The average molecular weight is 386 g/mol. The quantitative estimate of drug-likeness (QED) is 0.645. The summed E-state index contributed by atoms with van der Waals surface area (Å²) in [5.74, 6) is 1.01. The standard InChI is InChI=1S/C18H18N4O4S/c1-11(23)19-13-10-12(5-6-14(13)25-2)20-16(24)7-8-17-21-18(22-26-17)15-4-3-9-27-15/h3-6,9-10H,7-8H2,1-2H3,(H,19,23)(H,20,24). The molecule has 140 valence electrons. The molecule has 0 spiro atoms. The Morgan fingerprint density at radius 3 is 2.81 bits per heavy atom. The van der Waals surface area contributed by atoms with Crippen molar-refractivity contribution in [3.8, 4) is 16.5 Å². The molecule has 2 aromatic heterocycles. The lowest BCUT2D eigenvalue weighted by atomic mass is 10.2. The van der Waals surface area contributed by atoms with Gasteiger partial charge in [0.25, 0.3) is 0 Å². The molecule has 0 radical (unpaired) electrons. The number of hydrogen-bond donors (Lipinski definition) is 2. The van der Waals surface area contributed by atoms with Crippen LogP contribution in [0, 0.1) is 0 Å². The highest BCUT2D eigenvalue weighted by atomic mass is 32.1. The van der Waals surface area contributed by atoms with Crippen molar-refractivity contribution < 1.29 is 18.8 Å². The highest BCUT2D eigenvalue weighted by Crippen LogP contribution is 2.28. The van der Waals surface area contributed by atoms with E-state index in [0.29, 0.717) is 35.3 Å². The Hall–Kier alpha value is -3.20. The van der Waals surface area contributed by atoms with Crippen LogP contribution in [0.15, 0.2) is 40.2 Å². The molecule has 2 amide bonds. The van der Waals surface area contributed by atoms with Crippen molar-refractivity contribution in [2.45, 2.75) is 19.8 Å². The molecule has 9 heteroatoms. The number of hydrogen-bond acceptors (Lipinski definition) is 7. The maximum Gasteiger partial charge on any atom is 0.227 e. The highest BCUT2D eigenvalue weighted by Gasteiger charge is 2.12. The van der Waals surface area contributed by atoms with Crippen molar-refractivity contribution in [2.24, 2.45) is 0 Å². The van der Waals surface area contributed by atoms with E-state index in [2.05, 4.69) is 20.8 Å². The molecule has 0 fully saturated rings. The molecule has 3 aromatic rings. The van der Waals surface area contributed by atoms with E-state index in [9.17, 15) is 9.59 Å². The van der Waals surface area contributed by atoms with Gasteiger partial charge in [-0.2, -0.15) is 4.98 Å². The predicted octanol–water partition coefficient (Wildman–Crippen LogP) is 3.34. The fourth-order valence-corrected chi connectivity index (χ4v) is 3.03. The third-order valence-electron chi connectivity index (χ3n) is 3.57. The summed E-state index contributed by atoms with van der Waals surface area (Å²) in [5.41, 5.74) is 1.04. The van der Waals surface area contributed by atoms with Crippen LogP contribution in [-0.2, 0) is 16.0 Å². The zero-order valence-corrected chi connectivity index (χ0v) is 15.6. The first-order valence-corrected chi connectivity index (χ1v) is 9.05. The number of aryl methyl sites for hydroxylation is 1. The first-order valence-electron chi connectivity index (χ1n) is 8.17. The number of ether oxygens (including phenoxy) is 1. The predicted molar refractivity (Wildman–Crippen MR) is 102 cm³/mol. The number of carbonyl (C=O) groups is 2. The number of rotatable bonds is 7. The van der Waals surface area contributed by atoms with E-state index >= 15 is 0 Å². The van der Waals surface area contributed by atoms with Gasteiger partial charge in [0.15, 0.2) is 0 Å². The Kier molecular flexibility index (Phi) is 5.82. The number of methoxy groups -OCH3 is 1. The Balaban J connectivity index is 1.58. The molecular weight excluding hydrogens is 368 g/mol. The molecule has 0 bridgehead atoms. The van der Waals surface area contributed by atoms with Crippen molar-refractivity contribution in [1.29, 1.82) is 0 Å². The molecule has 3 rings (SSSR count). The number of thiophene rings is 1. The molecule has 0 aliphatic heterocycles. The van der Waals surface area contributed by atoms with Crippen molar-refractivity contribution in [1.82, 2.24) is 10.1 Å². The zero-order chi connectivity index (χ0) is 19.2. The number of nitrogens with zero attached hydrogens (tertiary/aromatic N) is 2. The number of amides is 2. The van der Waals surface area contributed by atoms with Crippen molar-refractivity contribution >= 4 is 34.5 Å². The second-order valence-corrected chi connectivity index (χ2v) is 6.58. The minimum atomic E-state index is -0.227. The van der Waals surface area contributed by atoms with E-state index in [4.69, 9.17) is 9.26 Å². The van der Waals surface area contributed by atoms with E-state index < -0.39 is 0 Å². The molecule has 0 saturated carbocycles. The lowest BCUT2D eigenvalue weighted by Crippen LogP contribution is -2.13. The fraction of sp³-hybridized carbons (Fsp3) is 0.222. The molecule has 0 aliphatic carbocycles. The van der Waals surface area contributed by atoms with Gasteiger partial charge < -0.3 is 19.9 Å². The second kappa shape index (κ2) is 8.45. The second-order valence-electron chi connectivity index (χ2n) is 5.63. The van der Waals surface area contributed by atoms with Crippen LogP contribution < -0.4 is 15.4 Å². The van der Waals surface area contributed by atoms with Crippen LogP contribution in [-0.4, -0.2) is 29.1 Å². The number of carbonyl (C=O) groups excluding carboxylic acids is 2. The van der Waals surface area contributed by atoms with Gasteiger partial charge >= 0.3 is 0 Å². The van der Waals surface area contributed by atoms with Gasteiger partial charge in [0.2, 0.25) is 23.5 Å². The molecule has 27 heavy (non-hydrogen) atoms. The van der Waals surface area contributed by atoms with Crippen LogP contribution in [0.4, 0.5) is 11.4 Å². The van der Waals surface area contributed by atoms with Crippen molar-refractivity contribution in [3.05, 3.63) is 41.6 Å². The minimum absolute atomic E-state index is 0.188. The van der Waals surface area contributed by atoms with E-state index in [-0.39, 0.29) is 18.2 Å². The molecule has 0 unspecified atom stereocenters. The number of benzene rings is 1. The van der Waals surface area contributed by atoms with Crippen LogP contribution in [0.25, 0.3) is 10.7 Å². The third kappa shape index (κ3) is 4.91. The largest absolute Gasteiger partial charge is 0.495 e. The number of aromatic nitrogens is 2. The molecule has 0 saturated heterocycles. The normalized spacial score (nSPS) is 10.4. The molecule has 2 heterocycles. The van der Waals surface area contributed by atoms with Crippen LogP contribution in [0.5, 0.6) is 5.75 Å². The smallest absolute Gasteiger partial charge is 0.227 e. The summed E-state index contributed by atoms with van der Waals surface area (Å²) in [5, 5.41) is 11.3. The Labute approximate surface area is 159 Å². The zero-order valence-electron chi connectivity index (χ0n) is 14.8. The molecule has 2 N–H and O–H groups in total.